The van der Waals surface area contributed by atoms with Gasteiger partial charge >= 0.3 is 5.97 Å². The van der Waals surface area contributed by atoms with Crippen LogP contribution in [0.15, 0.2) is 30.4 Å². The molecule has 1 aliphatic rings. The van der Waals surface area contributed by atoms with Crippen LogP contribution in [0.5, 0.6) is 0 Å². The van der Waals surface area contributed by atoms with Gasteiger partial charge in [0.05, 0.1) is 11.7 Å². The summed E-state index contributed by atoms with van der Waals surface area (Å²) in [5.74, 6) is -3.30. The minimum atomic E-state index is -3.85. The fourth-order valence-electron chi connectivity index (χ4n) is 2.03. The van der Waals surface area contributed by atoms with Crippen molar-refractivity contribution in [3.8, 4) is 0 Å². The van der Waals surface area contributed by atoms with Gasteiger partial charge in [0.2, 0.25) is 10.0 Å². The molecule has 0 saturated carbocycles. The summed E-state index contributed by atoms with van der Waals surface area (Å²) in [7, 11) is -3.85. The van der Waals surface area contributed by atoms with Crippen LogP contribution in [0.1, 0.15) is 5.56 Å². The molecule has 0 radical (unpaired) electrons. The zero-order valence-electron chi connectivity index (χ0n) is 10.9. The van der Waals surface area contributed by atoms with E-state index in [1.807, 2.05) is 0 Å². The molecule has 1 N–H and O–H groups in total. The van der Waals surface area contributed by atoms with Crippen LogP contribution in [0.25, 0.3) is 0 Å². The van der Waals surface area contributed by atoms with Gasteiger partial charge in [-0.3, -0.25) is 4.79 Å². The molecule has 0 spiro atoms. The first-order valence-electron chi connectivity index (χ1n) is 6.11. The Morgan fingerprint density at radius 3 is 2.81 bits per heavy atom. The SMILES string of the molecule is O=C(O)C1C=CCN(S(=O)(=O)Cc2c(F)cccc2Cl)C1. The van der Waals surface area contributed by atoms with E-state index in [9.17, 15) is 17.6 Å². The molecular weight excluding hydrogens is 321 g/mol. The average Bonchev–Trinajstić information content (AvgIpc) is 2.43. The van der Waals surface area contributed by atoms with Gasteiger partial charge in [-0.1, -0.05) is 29.8 Å². The Balaban J connectivity index is 2.23. The summed E-state index contributed by atoms with van der Waals surface area (Å²) in [6, 6.07) is 3.93. The summed E-state index contributed by atoms with van der Waals surface area (Å²) >= 11 is 5.82. The molecule has 0 aromatic heterocycles. The second-order valence-electron chi connectivity index (χ2n) is 4.65. The summed E-state index contributed by atoms with van der Waals surface area (Å²) in [6.07, 6.45) is 2.92. The molecule has 2 rings (SSSR count). The Bertz CT molecular complexity index is 669. The molecule has 0 fully saturated rings. The Morgan fingerprint density at radius 2 is 2.19 bits per heavy atom. The molecule has 1 aromatic rings. The molecule has 0 amide bonds. The number of hydrogen-bond acceptors (Lipinski definition) is 3. The molecule has 5 nitrogen and oxygen atoms in total. The van der Waals surface area contributed by atoms with Crippen LogP contribution < -0.4 is 0 Å². The highest BCUT2D eigenvalue weighted by atomic mass is 35.5. The maximum atomic E-state index is 13.7. The van der Waals surface area contributed by atoms with Crippen molar-refractivity contribution in [2.45, 2.75) is 5.75 Å². The summed E-state index contributed by atoms with van der Waals surface area (Å²) in [5, 5.41) is 8.97. The lowest BCUT2D eigenvalue weighted by Crippen LogP contribution is -2.40. The maximum absolute atomic E-state index is 13.7. The minimum Gasteiger partial charge on any atom is -0.481 e. The van der Waals surface area contributed by atoms with Crippen molar-refractivity contribution < 1.29 is 22.7 Å². The normalized spacial score (nSPS) is 19.6. The van der Waals surface area contributed by atoms with Crippen molar-refractivity contribution in [1.29, 1.82) is 0 Å². The van der Waals surface area contributed by atoms with Gasteiger partial charge in [-0.05, 0) is 12.1 Å². The molecule has 0 aliphatic carbocycles. The number of aliphatic carboxylic acids is 1. The third-order valence-electron chi connectivity index (χ3n) is 3.18. The Labute approximate surface area is 126 Å². The van der Waals surface area contributed by atoms with Crippen LogP contribution in [0.2, 0.25) is 5.02 Å². The van der Waals surface area contributed by atoms with Gasteiger partial charge < -0.3 is 5.11 Å². The van der Waals surface area contributed by atoms with E-state index in [0.717, 1.165) is 10.4 Å². The van der Waals surface area contributed by atoms with E-state index in [0.29, 0.717) is 0 Å². The summed E-state index contributed by atoms with van der Waals surface area (Å²) in [5.41, 5.74) is -0.111. The topological polar surface area (TPSA) is 74.7 Å². The summed E-state index contributed by atoms with van der Waals surface area (Å²) in [4.78, 5) is 10.9. The predicted molar refractivity (Wildman–Crippen MR) is 75.9 cm³/mol. The number of sulfonamides is 1. The third-order valence-corrected chi connectivity index (χ3v) is 5.27. The highest BCUT2D eigenvalue weighted by Gasteiger charge is 2.30. The zero-order valence-corrected chi connectivity index (χ0v) is 12.4. The number of benzene rings is 1. The fraction of sp³-hybridized carbons (Fsp3) is 0.308. The van der Waals surface area contributed by atoms with Crippen molar-refractivity contribution in [1.82, 2.24) is 4.31 Å². The molecule has 8 heteroatoms. The van der Waals surface area contributed by atoms with Gasteiger partial charge in [0.25, 0.3) is 0 Å². The monoisotopic (exact) mass is 333 g/mol. The predicted octanol–water partition coefficient (Wildman–Crippen LogP) is 1.88. The van der Waals surface area contributed by atoms with Crippen LogP contribution in [-0.2, 0) is 20.6 Å². The van der Waals surface area contributed by atoms with Gasteiger partial charge in [-0.25, -0.2) is 12.8 Å². The molecule has 21 heavy (non-hydrogen) atoms. The Morgan fingerprint density at radius 1 is 1.48 bits per heavy atom. The van der Waals surface area contributed by atoms with Crippen molar-refractivity contribution in [2.24, 2.45) is 5.92 Å². The Kier molecular flexibility index (Phi) is 4.65. The largest absolute Gasteiger partial charge is 0.481 e. The maximum Gasteiger partial charge on any atom is 0.311 e. The van der Waals surface area contributed by atoms with Crippen LogP contribution >= 0.6 is 11.6 Å². The molecular formula is C13H13ClFNO4S. The quantitative estimate of drug-likeness (QED) is 0.854. The minimum absolute atomic E-state index is 0.0286. The van der Waals surface area contributed by atoms with Crippen molar-refractivity contribution in [2.75, 3.05) is 13.1 Å². The number of carboxylic acids is 1. The first-order chi connectivity index (χ1) is 9.81. The van der Waals surface area contributed by atoms with E-state index < -0.39 is 33.5 Å². The van der Waals surface area contributed by atoms with E-state index in [1.54, 1.807) is 0 Å². The molecule has 0 saturated heterocycles. The van der Waals surface area contributed by atoms with Crippen LogP contribution in [-0.4, -0.2) is 36.9 Å². The first-order valence-corrected chi connectivity index (χ1v) is 8.10. The second kappa shape index (κ2) is 6.13. The molecule has 1 atom stereocenters. The van der Waals surface area contributed by atoms with Gasteiger partial charge in [0.1, 0.15) is 5.82 Å². The van der Waals surface area contributed by atoms with Crippen LogP contribution in [0.3, 0.4) is 0 Å². The van der Waals surface area contributed by atoms with Crippen LogP contribution in [0, 0.1) is 11.7 Å². The number of carboxylic acid groups (broad SMARTS) is 1. The smallest absolute Gasteiger partial charge is 0.311 e. The number of nitrogens with zero attached hydrogens (tertiary/aromatic N) is 1. The van der Waals surface area contributed by atoms with Crippen molar-refractivity contribution >= 4 is 27.6 Å². The van der Waals surface area contributed by atoms with Gasteiger partial charge in [-0.2, -0.15) is 4.31 Å². The average molecular weight is 334 g/mol. The molecule has 1 heterocycles. The van der Waals surface area contributed by atoms with Gasteiger partial charge in [0.15, 0.2) is 0 Å². The van der Waals surface area contributed by atoms with Gasteiger partial charge in [0, 0.05) is 23.7 Å². The molecule has 114 valence electrons. The number of halogens is 2. The molecule has 0 bridgehead atoms. The highest BCUT2D eigenvalue weighted by molar-refractivity contribution is 7.88. The Hall–Kier alpha value is -1.44. The van der Waals surface area contributed by atoms with E-state index in [-0.39, 0.29) is 23.7 Å². The van der Waals surface area contributed by atoms with E-state index >= 15 is 0 Å². The summed E-state index contributed by atoms with van der Waals surface area (Å²) in [6.45, 7) is -0.0988. The summed E-state index contributed by atoms with van der Waals surface area (Å²) < 4.78 is 39.3. The highest BCUT2D eigenvalue weighted by Crippen LogP contribution is 2.24. The number of hydrogen-bond donors (Lipinski definition) is 1. The van der Waals surface area contributed by atoms with E-state index in [4.69, 9.17) is 16.7 Å². The number of carbonyl (C=O) groups is 1. The standard InChI is InChI=1S/C13H13ClFNO4S/c14-11-4-1-5-12(15)10(11)8-21(19,20)16-6-2-3-9(7-16)13(17)18/h1-5,9H,6-8H2,(H,17,18). The lowest BCUT2D eigenvalue weighted by molar-refractivity contribution is -0.140. The number of rotatable bonds is 4. The van der Waals surface area contributed by atoms with Gasteiger partial charge in [-0.15, -0.1) is 0 Å². The third kappa shape index (κ3) is 3.61. The van der Waals surface area contributed by atoms with E-state index in [2.05, 4.69) is 0 Å². The van der Waals surface area contributed by atoms with Crippen molar-refractivity contribution in [3.63, 3.8) is 0 Å². The van der Waals surface area contributed by atoms with E-state index in [1.165, 1.54) is 24.3 Å². The first kappa shape index (κ1) is 15.9. The van der Waals surface area contributed by atoms with Crippen molar-refractivity contribution in [3.05, 3.63) is 46.8 Å². The lowest BCUT2D eigenvalue weighted by atomic mass is 10.1. The lowest BCUT2D eigenvalue weighted by Gasteiger charge is -2.26. The second-order valence-corrected chi connectivity index (χ2v) is 7.02. The molecule has 1 unspecified atom stereocenters. The molecule has 1 aromatic carbocycles. The molecule has 1 aliphatic heterocycles. The fourth-order valence-corrected chi connectivity index (χ4v) is 3.88. The zero-order chi connectivity index (χ0) is 15.6. The van der Waals surface area contributed by atoms with Crippen LogP contribution in [0.4, 0.5) is 4.39 Å².